The molecule has 0 spiro atoms. The molecule has 0 saturated heterocycles. The first-order valence-electron chi connectivity index (χ1n) is 6.41. The van der Waals surface area contributed by atoms with Crippen molar-refractivity contribution in [1.29, 1.82) is 0 Å². The van der Waals surface area contributed by atoms with E-state index in [1.165, 1.54) is 6.07 Å². The zero-order chi connectivity index (χ0) is 13.5. The largest absolute Gasteiger partial charge is 0.389 e. The lowest BCUT2D eigenvalue weighted by Crippen LogP contribution is -2.25. The molecular weight excluding hydrogens is 249 g/mol. The summed E-state index contributed by atoms with van der Waals surface area (Å²) in [6.45, 7) is 8.92. The number of hydrogen-bond acceptors (Lipinski definition) is 3. The second-order valence-electron chi connectivity index (χ2n) is 4.20. The van der Waals surface area contributed by atoms with Gasteiger partial charge in [0.1, 0.15) is 5.82 Å². The van der Waals surface area contributed by atoms with Crippen LogP contribution in [0.2, 0.25) is 0 Å². The highest BCUT2D eigenvalue weighted by Crippen LogP contribution is 2.29. The normalized spacial score (nSPS) is 13.0. The van der Waals surface area contributed by atoms with Gasteiger partial charge in [-0.2, -0.15) is 0 Å². The van der Waals surface area contributed by atoms with Gasteiger partial charge in [0.05, 0.1) is 6.10 Å². The minimum Gasteiger partial charge on any atom is -0.389 e. The monoisotopic (exact) mass is 271 g/mol. The van der Waals surface area contributed by atoms with Crippen molar-refractivity contribution in [2.75, 3.05) is 25.4 Å². The lowest BCUT2D eigenvalue weighted by Gasteiger charge is -2.18. The van der Waals surface area contributed by atoms with Crippen LogP contribution in [0.4, 0.5) is 4.39 Å². The van der Waals surface area contributed by atoms with Crippen molar-refractivity contribution in [3.63, 3.8) is 0 Å². The molecule has 0 bridgehead atoms. The molecule has 0 aliphatic carbocycles. The number of hydrogen-bond donors (Lipinski definition) is 1. The highest BCUT2D eigenvalue weighted by molar-refractivity contribution is 7.99. The zero-order valence-corrected chi connectivity index (χ0v) is 12.1. The Kier molecular flexibility index (Phi) is 6.68. The molecule has 102 valence electrons. The predicted octanol–water partition coefficient (Wildman–Crippen LogP) is 3.31. The van der Waals surface area contributed by atoms with Crippen LogP contribution >= 0.6 is 11.8 Å². The maximum atomic E-state index is 13.6. The molecule has 2 nitrogen and oxygen atoms in total. The van der Waals surface area contributed by atoms with Gasteiger partial charge in [0.15, 0.2) is 0 Å². The zero-order valence-electron chi connectivity index (χ0n) is 11.3. The van der Waals surface area contributed by atoms with Crippen molar-refractivity contribution in [3.05, 3.63) is 29.6 Å². The van der Waals surface area contributed by atoms with Gasteiger partial charge in [-0.15, -0.1) is 11.8 Å². The molecule has 0 radical (unpaired) electrons. The highest BCUT2D eigenvalue weighted by atomic mass is 32.2. The number of aliphatic hydroxyl groups excluding tert-OH is 1. The molecule has 0 amide bonds. The van der Waals surface area contributed by atoms with Crippen molar-refractivity contribution < 1.29 is 9.50 Å². The van der Waals surface area contributed by atoms with E-state index >= 15 is 0 Å². The Labute approximate surface area is 113 Å². The Hall–Kier alpha value is -0.580. The molecule has 0 saturated carbocycles. The first-order chi connectivity index (χ1) is 8.60. The van der Waals surface area contributed by atoms with Crippen LogP contribution in [0.1, 0.15) is 32.4 Å². The number of benzene rings is 1. The number of thioether (sulfide) groups is 1. The van der Waals surface area contributed by atoms with Crippen LogP contribution in [0.5, 0.6) is 0 Å². The number of rotatable bonds is 7. The van der Waals surface area contributed by atoms with Crippen molar-refractivity contribution in [2.24, 2.45) is 0 Å². The van der Waals surface area contributed by atoms with Gasteiger partial charge in [-0.25, -0.2) is 4.39 Å². The molecule has 0 fully saturated rings. The number of nitrogens with zero attached hydrogens (tertiary/aromatic N) is 1. The summed E-state index contributed by atoms with van der Waals surface area (Å²) in [4.78, 5) is 3.17. The second kappa shape index (κ2) is 7.77. The average molecular weight is 271 g/mol. The molecule has 18 heavy (non-hydrogen) atoms. The van der Waals surface area contributed by atoms with E-state index in [1.54, 1.807) is 24.8 Å². The molecule has 1 aromatic carbocycles. The smallest absolute Gasteiger partial charge is 0.130 e. The van der Waals surface area contributed by atoms with E-state index in [4.69, 9.17) is 0 Å². The maximum Gasteiger partial charge on any atom is 0.130 e. The van der Waals surface area contributed by atoms with Gasteiger partial charge in [0.2, 0.25) is 0 Å². The van der Waals surface area contributed by atoms with Crippen molar-refractivity contribution >= 4 is 11.8 Å². The lowest BCUT2D eigenvalue weighted by atomic mass is 10.1. The third-order valence-electron chi connectivity index (χ3n) is 2.99. The van der Waals surface area contributed by atoms with Gasteiger partial charge >= 0.3 is 0 Å². The topological polar surface area (TPSA) is 23.5 Å². The van der Waals surface area contributed by atoms with E-state index in [0.717, 1.165) is 30.3 Å². The van der Waals surface area contributed by atoms with Crippen LogP contribution < -0.4 is 0 Å². The fraction of sp³-hybridized carbons (Fsp3) is 0.571. The Morgan fingerprint density at radius 3 is 2.56 bits per heavy atom. The van der Waals surface area contributed by atoms with E-state index in [0.29, 0.717) is 5.56 Å². The molecule has 1 aromatic rings. The summed E-state index contributed by atoms with van der Waals surface area (Å²) in [5.74, 6) is 0.586. The van der Waals surface area contributed by atoms with Gasteiger partial charge < -0.3 is 10.0 Å². The van der Waals surface area contributed by atoms with Gasteiger partial charge in [0.25, 0.3) is 0 Å². The van der Waals surface area contributed by atoms with Gasteiger partial charge in [-0.3, -0.25) is 0 Å². The van der Waals surface area contributed by atoms with E-state index in [1.807, 2.05) is 6.07 Å². The van der Waals surface area contributed by atoms with E-state index < -0.39 is 6.10 Å². The van der Waals surface area contributed by atoms with Gasteiger partial charge in [-0.05, 0) is 32.1 Å². The average Bonchev–Trinajstić information content (AvgIpc) is 2.34. The van der Waals surface area contributed by atoms with E-state index in [-0.39, 0.29) is 5.82 Å². The highest BCUT2D eigenvalue weighted by Gasteiger charge is 2.13. The van der Waals surface area contributed by atoms with Crippen molar-refractivity contribution in [2.45, 2.75) is 31.8 Å². The van der Waals surface area contributed by atoms with E-state index in [9.17, 15) is 9.50 Å². The van der Waals surface area contributed by atoms with Crippen LogP contribution in [0.25, 0.3) is 0 Å². The summed E-state index contributed by atoms with van der Waals surface area (Å²) in [5.41, 5.74) is 0.419. The predicted molar refractivity (Wildman–Crippen MR) is 75.5 cm³/mol. The SMILES string of the molecule is CCN(CC)CCSc1cccc(F)c1C(C)O. The van der Waals surface area contributed by atoms with Crippen LogP contribution in [0.3, 0.4) is 0 Å². The third-order valence-corrected chi connectivity index (χ3v) is 4.04. The summed E-state index contributed by atoms with van der Waals surface area (Å²) in [5, 5.41) is 9.62. The summed E-state index contributed by atoms with van der Waals surface area (Å²) >= 11 is 1.61. The first-order valence-corrected chi connectivity index (χ1v) is 7.40. The number of halogens is 1. The molecular formula is C14H22FNOS. The van der Waals surface area contributed by atoms with Crippen LogP contribution in [0.15, 0.2) is 23.1 Å². The molecule has 0 aliphatic heterocycles. The Morgan fingerprint density at radius 2 is 2.00 bits per heavy atom. The molecule has 1 rings (SSSR count). The van der Waals surface area contributed by atoms with E-state index in [2.05, 4.69) is 18.7 Å². The quantitative estimate of drug-likeness (QED) is 0.770. The van der Waals surface area contributed by atoms with Crippen LogP contribution in [0, 0.1) is 5.82 Å². The molecule has 1 unspecified atom stereocenters. The van der Waals surface area contributed by atoms with Crippen LogP contribution in [-0.2, 0) is 0 Å². The molecule has 1 atom stereocenters. The Bertz CT molecular complexity index is 367. The molecule has 4 heteroatoms. The van der Waals surface area contributed by atoms with Crippen molar-refractivity contribution in [1.82, 2.24) is 4.90 Å². The Morgan fingerprint density at radius 1 is 1.33 bits per heavy atom. The number of aliphatic hydroxyl groups is 1. The fourth-order valence-corrected chi connectivity index (χ4v) is 3.04. The van der Waals surface area contributed by atoms with Gasteiger partial charge in [0, 0.05) is 22.8 Å². The second-order valence-corrected chi connectivity index (χ2v) is 5.34. The molecule has 0 aromatic heterocycles. The summed E-state index contributed by atoms with van der Waals surface area (Å²) < 4.78 is 13.6. The van der Waals surface area contributed by atoms with Crippen LogP contribution in [-0.4, -0.2) is 35.4 Å². The van der Waals surface area contributed by atoms with Crippen molar-refractivity contribution in [3.8, 4) is 0 Å². The standard InChI is InChI=1S/C14H22FNOS/c1-4-16(5-2)9-10-18-13-8-6-7-12(15)14(13)11(3)17/h6-8,11,17H,4-5,9-10H2,1-3H3. The summed E-state index contributed by atoms with van der Waals surface area (Å²) in [6, 6.07) is 4.97. The van der Waals surface area contributed by atoms with Gasteiger partial charge in [-0.1, -0.05) is 19.9 Å². The maximum absolute atomic E-state index is 13.6. The molecule has 0 heterocycles. The first kappa shape index (κ1) is 15.5. The fourth-order valence-electron chi connectivity index (χ4n) is 1.87. The Balaban J connectivity index is 2.64. The minimum atomic E-state index is -0.762. The third kappa shape index (κ3) is 4.26. The lowest BCUT2D eigenvalue weighted by molar-refractivity contribution is 0.191. The summed E-state index contributed by atoms with van der Waals surface area (Å²) in [6.07, 6.45) is -0.762. The minimum absolute atomic E-state index is 0.321. The summed E-state index contributed by atoms with van der Waals surface area (Å²) in [7, 11) is 0. The molecule has 0 aliphatic rings. The molecule has 1 N–H and O–H groups in total.